The monoisotopic (exact) mass is 670 g/mol. The van der Waals surface area contributed by atoms with Crippen LogP contribution >= 0.6 is 58.5 Å². The Kier molecular flexibility index (Phi) is 11.1. The first-order valence-electron chi connectivity index (χ1n) is 12.4. The number of fused-ring (bicyclic) bond motifs is 1. The largest absolute Gasteiger partial charge is 0.550 e. The Hall–Kier alpha value is -2.91. The zero-order valence-corrected chi connectivity index (χ0v) is 25.7. The number of nitrogens with one attached hydrogen (secondary N) is 2. The third-order valence-corrected chi connectivity index (χ3v) is 10.2. The summed E-state index contributed by atoms with van der Waals surface area (Å²) in [6.07, 6.45) is 3.10. The minimum atomic E-state index is -1.24. The number of carbonyl (C=O) groups excluding carboxylic acids is 4. The van der Waals surface area contributed by atoms with Crippen LogP contribution in [0.15, 0.2) is 63.8 Å². The molecule has 3 heterocycles. The number of nitrogens with zero attached hydrogens (tertiary/aromatic N) is 2. The third-order valence-electron chi connectivity index (χ3n) is 6.07. The van der Waals surface area contributed by atoms with Gasteiger partial charge >= 0.3 is 5.97 Å². The summed E-state index contributed by atoms with van der Waals surface area (Å²) in [6.45, 7) is -0.00723. The van der Waals surface area contributed by atoms with Gasteiger partial charge in [0.1, 0.15) is 17.1 Å². The van der Waals surface area contributed by atoms with E-state index in [4.69, 9.17) is 23.2 Å². The van der Waals surface area contributed by atoms with Gasteiger partial charge in [-0.25, -0.2) is 4.79 Å². The van der Waals surface area contributed by atoms with Crippen LogP contribution in [0.4, 0.5) is 0 Å². The van der Waals surface area contributed by atoms with E-state index in [0.29, 0.717) is 32.0 Å². The predicted molar refractivity (Wildman–Crippen MR) is 157 cm³/mol. The highest BCUT2D eigenvalue weighted by atomic mass is 35.5. The Morgan fingerprint density at radius 2 is 1.86 bits per heavy atom. The lowest BCUT2D eigenvalue weighted by Crippen LogP contribution is -2.70. The average Bonchev–Trinajstić information content (AvgIpc) is 2.95. The van der Waals surface area contributed by atoms with Crippen molar-refractivity contribution in [2.45, 2.75) is 34.2 Å². The van der Waals surface area contributed by atoms with Crippen molar-refractivity contribution in [3.05, 3.63) is 64.0 Å². The van der Waals surface area contributed by atoms with Crippen LogP contribution in [-0.4, -0.2) is 74.9 Å². The highest BCUT2D eigenvalue weighted by Gasteiger charge is 2.54. The Morgan fingerprint density at radius 3 is 2.55 bits per heavy atom. The van der Waals surface area contributed by atoms with Crippen LogP contribution in [0.25, 0.3) is 0 Å². The van der Waals surface area contributed by atoms with Crippen molar-refractivity contribution in [3.8, 4) is 0 Å². The van der Waals surface area contributed by atoms with Crippen LogP contribution < -0.4 is 20.3 Å². The number of benzene rings is 1. The molecule has 4 rings (SSSR count). The van der Waals surface area contributed by atoms with Crippen LogP contribution in [0.5, 0.6) is 0 Å². The van der Waals surface area contributed by atoms with Crippen molar-refractivity contribution in [1.82, 2.24) is 15.5 Å². The minimum Gasteiger partial charge on any atom is -0.550 e. The molecular weight excluding hydrogens is 647 g/mol. The first kappa shape index (κ1) is 32.0. The molecule has 1 saturated heterocycles. The fourth-order valence-corrected chi connectivity index (χ4v) is 7.76. The third kappa shape index (κ3) is 8.13. The molecular formula is C26H24Cl2N4O7S3. The van der Waals surface area contributed by atoms with Crippen molar-refractivity contribution in [2.24, 2.45) is 0 Å². The second kappa shape index (κ2) is 14.5. The maximum absolute atomic E-state index is 12.9. The molecule has 2 atom stereocenters. The molecule has 222 valence electrons. The number of carbonyl (C=O) groups is 5. The molecule has 0 aliphatic carbocycles. The molecule has 42 heavy (non-hydrogen) atoms. The number of pyridine rings is 1. The summed E-state index contributed by atoms with van der Waals surface area (Å²) in [4.78, 5) is 62.7. The maximum Gasteiger partial charge on any atom is 0.352 e. The van der Waals surface area contributed by atoms with Crippen molar-refractivity contribution in [3.63, 3.8) is 0 Å². The summed E-state index contributed by atoms with van der Waals surface area (Å²) in [6, 6.07) is 7.64. The molecule has 3 N–H and O–H groups in total. The SMILES string of the molecule is O=C([O-])CCNC(=O)C[n+]1ccc(SCC2=C(C(=O)O)N3C(=O)[C@@H](NC(=O)CSc4cc(Cl)ccc4Cl)[C@H]3SC2)cc1. The number of aliphatic carboxylic acids is 2. The van der Waals surface area contributed by atoms with E-state index in [0.717, 1.165) is 4.90 Å². The Labute approximate surface area is 263 Å². The molecule has 0 radical (unpaired) electrons. The first-order chi connectivity index (χ1) is 20.0. The second-order valence-electron chi connectivity index (χ2n) is 9.04. The Balaban J connectivity index is 1.31. The molecule has 2 aliphatic rings. The van der Waals surface area contributed by atoms with E-state index in [2.05, 4.69) is 10.6 Å². The van der Waals surface area contributed by atoms with Gasteiger partial charge in [-0.3, -0.25) is 19.3 Å². The van der Waals surface area contributed by atoms with E-state index >= 15 is 0 Å². The first-order valence-corrected chi connectivity index (χ1v) is 16.2. The second-order valence-corrected chi connectivity index (χ2v) is 13.1. The van der Waals surface area contributed by atoms with Gasteiger partial charge in [-0.05, 0) is 23.8 Å². The lowest BCUT2D eigenvalue weighted by atomic mass is 10.0. The highest BCUT2D eigenvalue weighted by molar-refractivity contribution is 8.01. The normalized spacial score (nSPS) is 17.8. The number of hydrogen-bond donors (Lipinski definition) is 3. The summed E-state index contributed by atoms with van der Waals surface area (Å²) in [5, 5.41) is 26.0. The zero-order chi connectivity index (χ0) is 30.4. The van der Waals surface area contributed by atoms with Crippen LogP contribution in [0.3, 0.4) is 0 Å². The van der Waals surface area contributed by atoms with Gasteiger partial charge < -0.3 is 25.6 Å². The van der Waals surface area contributed by atoms with Gasteiger partial charge in [-0.2, -0.15) is 4.57 Å². The van der Waals surface area contributed by atoms with Gasteiger partial charge in [0.05, 0.1) is 10.8 Å². The number of carboxylic acids is 2. The van der Waals surface area contributed by atoms with Gasteiger partial charge in [0, 0.05) is 57.4 Å². The van der Waals surface area contributed by atoms with Crippen LogP contribution in [-0.2, 0) is 30.5 Å². The van der Waals surface area contributed by atoms with E-state index in [-0.39, 0.29) is 42.8 Å². The predicted octanol–water partition coefficient (Wildman–Crippen LogP) is 1.16. The smallest absolute Gasteiger partial charge is 0.352 e. The van der Waals surface area contributed by atoms with E-state index in [9.17, 15) is 34.2 Å². The lowest BCUT2D eigenvalue weighted by molar-refractivity contribution is -0.684. The number of aromatic nitrogens is 1. The number of carboxylic acid groups (broad SMARTS) is 2. The van der Waals surface area contributed by atoms with Crippen molar-refractivity contribution in [1.29, 1.82) is 0 Å². The fraction of sp³-hybridized carbons (Fsp3) is 0.308. The van der Waals surface area contributed by atoms with E-state index in [1.807, 2.05) is 0 Å². The molecule has 0 unspecified atom stereocenters. The molecule has 0 saturated carbocycles. The number of halogens is 2. The van der Waals surface area contributed by atoms with Crippen LogP contribution in [0.1, 0.15) is 6.42 Å². The van der Waals surface area contributed by atoms with E-state index in [1.54, 1.807) is 47.3 Å². The summed E-state index contributed by atoms with van der Waals surface area (Å²) in [5.41, 5.74) is 0.517. The molecule has 1 aromatic heterocycles. The van der Waals surface area contributed by atoms with Crippen molar-refractivity contribution >= 4 is 88.1 Å². The molecule has 3 amide bonds. The molecule has 0 spiro atoms. The molecule has 0 bridgehead atoms. The molecule has 2 aliphatic heterocycles. The molecule has 1 fully saturated rings. The topological polar surface area (TPSA) is 160 Å². The minimum absolute atomic E-state index is 0.00611. The zero-order valence-electron chi connectivity index (χ0n) is 21.7. The molecule has 11 nitrogen and oxygen atoms in total. The maximum atomic E-state index is 12.9. The highest BCUT2D eigenvalue weighted by Crippen LogP contribution is 2.41. The summed E-state index contributed by atoms with van der Waals surface area (Å²) >= 11 is 16.1. The molecule has 1 aromatic carbocycles. The van der Waals surface area contributed by atoms with E-state index < -0.39 is 29.3 Å². The van der Waals surface area contributed by atoms with Crippen molar-refractivity contribution < 1.29 is 38.8 Å². The molecule has 2 aromatic rings. The van der Waals surface area contributed by atoms with Crippen LogP contribution in [0.2, 0.25) is 10.0 Å². The van der Waals surface area contributed by atoms with Gasteiger partial charge in [-0.1, -0.05) is 23.2 Å². The summed E-state index contributed by atoms with van der Waals surface area (Å²) in [7, 11) is 0. The fourth-order valence-electron chi connectivity index (χ4n) is 4.08. The van der Waals surface area contributed by atoms with Gasteiger partial charge in [0.15, 0.2) is 12.4 Å². The number of rotatable bonds is 13. The quantitative estimate of drug-likeness (QED) is 0.160. The average molecular weight is 672 g/mol. The van der Waals surface area contributed by atoms with Crippen molar-refractivity contribution in [2.75, 3.05) is 23.8 Å². The Morgan fingerprint density at radius 1 is 1.12 bits per heavy atom. The van der Waals surface area contributed by atoms with Gasteiger partial charge in [-0.15, -0.1) is 35.3 Å². The summed E-state index contributed by atoms with van der Waals surface area (Å²) < 4.78 is 1.62. The van der Waals surface area contributed by atoms with Gasteiger partial charge in [0.2, 0.25) is 12.5 Å². The summed E-state index contributed by atoms with van der Waals surface area (Å²) in [5.74, 6) is -2.95. The van der Waals surface area contributed by atoms with Crippen LogP contribution in [0, 0.1) is 0 Å². The number of thioether (sulfide) groups is 3. The van der Waals surface area contributed by atoms with E-state index in [1.165, 1.54) is 40.2 Å². The standard InChI is InChI=1S/C26H24Cl2N4O7S3/c27-15-1-2-17(28)18(9-15)41-13-20(34)30-22-24(37)32-23(26(38)39)14(12-42-25(22)32)11-40-16-4-7-31(8-5-16)10-19(33)29-6-3-21(35)36/h1-2,4-5,7-9,22,25H,3,6,10-13H2,(H3-,29,30,33,34,35,36,38,39)/t22-,25-/m1/s1. The number of hydrogen-bond acceptors (Lipinski definition) is 9. The number of β-lactam (4-membered cyclic amide) rings is 1. The Bertz CT molecular complexity index is 1440. The number of amides is 3. The molecule has 16 heteroatoms. The lowest BCUT2D eigenvalue weighted by Gasteiger charge is -2.49. The van der Waals surface area contributed by atoms with Gasteiger partial charge in [0.25, 0.3) is 11.8 Å².